The second-order valence-corrected chi connectivity index (χ2v) is 5.93. The van der Waals surface area contributed by atoms with Gasteiger partial charge in [0, 0.05) is 25.3 Å². The number of ether oxygens (including phenoxy) is 1. The first-order chi connectivity index (χ1) is 11.4. The maximum absolute atomic E-state index is 13.2. The highest BCUT2D eigenvalue weighted by Gasteiger charge is 2.52. The summed E-state index contributed by atoms with van der Waals surface area (Å²) in [6, 6.07) is 14.4. The Kier molecular flexibility index (Phi) is 3.85. The number of likely N-dealkylation sites (N-methyl/N-ethyl adjacent to an activating group) is 1. The summed E-state index contributed by atoms with van der Waals surface area (Å²) in [6.45, 7) is 6.07. The lowest BCUT2D eigenvalue weighted by atomic mass is 9.83. The number of carbonyl (C=O) groups excluding carboxylic acids is 2. The Balaban J connectivity index is 2.18. The number of fused-ring (bicyclic) bond motifs is 1. The molecule has 0 radical (unpaired) electrons. The Morgan fingerprint density at radius 2 is 1.62 bits per heavy atom. The standard InChI is InChI=1S/C20H19NO3/c1-13-9-11-15(12-10-13)14(2)20(24-4)18(22)16-7-5-6-8-17(16)19(23)21(20)3/h5-12H,2H2,1,3-4H3. The summed E-state index contributed by atoms with van der Waals surface area (Å²) in [5, 5.41) is 0. The van der Waals surface area contributed by atoms with Crippen molar-refractivity contribution in [1.29, 1.82) is 0 Å². The van der Waals surface area contributed by atoms with Crippen molar-refractivity contribution < 1.29 is 14.3 Å². The number of aryl methyl sites for hydroxylation is 1. The predicted molar refractivity (Wildman–Crippen MR) is 92.8 cm³/mol. The fourth-order valence-corrected chi connectivity index (χ4v) is 3.17. The van der Waals surface area contributed by atoms with Crippen LogP contribution in [0.2, 0.25) is 0 Å². The van der Waals surface area contributed by atoms with Crippen molar-refractivity contribution in [3.8, 4) is 0 Å². The topological polar surface area (TPSA) is 46.6 Å². The largest absolute Gasteiger partial charge is 0.348 e. The number of Topliss-reactive ketones (excluding diaryl/α,β-unsaturated/α-hetero) is 1. The van der Waals surface area contributed by atoms with Gasteiger partial charge in [0.25, 0.3) is 5.91 Å². The molecule has 3 rings (SSSR count). The maximum atomic E-state index is 13.2. The van der Waals surface area contributed by atoms with Gasteiger partial charge in [-0.2, -0.15) is 0 Å². The molecule has 4 nitrogen and oxygen atoms in total. The van der Waals surface area contributed by atoms with Crippen LogP contribution in [0, 0.1) is 6.92 Å². The minimum absolute atomic E-state index is 0.264. The van der Waals surface area contributed by atoms with Gasteiger partial charge in [-0.05, 0) is 18.6 Å². The van der Waals surface area contributed by atoms with Gasteiger partial charge >= 0.3 is 0 Å². The third-order valence-electron chi connectivity index (χ3n) is 4.59. The number of rotatable bonds is 3. The smallest absolute Gasteiger partial charge is 0.257 e. The zero-order valence-electron chi connectivity index (χ0n) is 14.0. The molecule has 1 heterocycles. The van der Waals surface area contributed by atoms with Gasteiger partial charge in [-0.15, -0.1) is 0 Å². The van der Waals surface area contributed by atoms with Crippen molar-refractivity contribution in [2.45, 2.75) is 12.6 Å². The number of carbonyl (C=O) groups is 2. The van der Waals surface area contributed by atoms with Gasteiger partial charge < -0.3 is 9.64 Å². The Bertz CT molecular complexity index is 838. The Morgan fingerprint density at radius 3 is 2.21 bits per heavy atom. The first kappa shape index (κ1) is 16.1. The van der Waals surface area contributed by atoms with E-state index in [9.17, 15) is 9.59 Å². The molecule has 0 aliphatic carbocycles. The van der Waals surface area contributed by atoms with E-state index in [0.717, 1.165) is 11.1 Å². The number of ketones is 1. The summed E-state index contributed by atoms with van der Waals surface area (Å²) in [7, 11) is 2.99. The maximum Gasteiger partial charge on any atom is 0.257 e. The summed E-state index contributed by atoms with van der Waals surface area (Å²) in [5.41, 5.74) is 1.50. The highest BCUT2D eigenvalue weighted by molar-refractivity contribution is 6.21. The second kappa shape index (κ2) is 5.73. The molecule has 1 aliphatic rings. The van der Waals surface area contributed by atoms with E-state index in [4.69, 9.17) is 4.74 Å². The number of benzene rings is 2. The molecule has 0 aromatic heterocycles. The molecule has 1 amide bonds. The molecule has 122 valence electrons. The van der Waals surface area contributed by atoms with Crippen LogP contribution in [0.3, 0.4) is 0 Å². The first-order valence-corrected chi connectivity index (χ1v) is 7.67. The van der Waals surface area contributed by atoms with E-state index < -0.39 is 5.72 Å². The lowest BCUT2D eigenvalue weighted by Crippen LogP contribution is -2.60. The Morgan fingerprint density at radius 1 is 1.04 bits per heavy atom. The third-order valence-corrected chi connectivity index (χ3v) is 4.59. The summed E-state index contributed by atoms with van der Waals surface area (Å²) in [6.07, 6.45) is 0. The van der Waals surface area contributed by atoms with Crippen LogP contribution in [0.25, 0.3) is 5.57 Å². The monoisotopic (exact) mass is 321 g/mol. The van der Waals surface area contributed by atoms with Crippen LogP contribution < -0.4 is 0 Å². The molecule has 0 bridgehead atoms. The highest BCUT2D eigenvalue weighted by atomic mass is 16.5. The van der Waals surface area contributed by atoms with Crippen LogP contribution in [0.15, 0.2) is 55.1 Å². The highest BCUT2D eigenvalue weighted by Crippen LogP contribution is 2.39. The minimum Gasteiger partial charge on any atom is -0.348 e. The molecule has 1 aliphatic heterocycles. The second-order valence-electron chi connectivity index (χ2n) is 5.93. The average Bonchev–Trinajstić information content (AvgIpc) is 2.61. The van der Waals surface area contributed by atoms with Gasteiger partial charge in [0.05, 0.1) is 5.56 Å². The lowest BCUT2D eigenvalue weighted by Gasteiger charge is -2.43. The predicted octanol–water partition coefficient (Wildman–Crippen LogP) is 3.32. The molecule has 2 aromatic carbocycles. The third kappa shape index (κ3) is 2.11. The van der Waals surface area contributed by atoms with Crippen molar-refractivity contribution in [2.75, 3.05) is 14.2 Å². The minimum atomic E-state index is -1.54. The van der Waals surface area contributed by atoms with E-state index in [1.165, 1.54) is 12.0 Å². The van der Waals surface area contributed by atoms with Crippen LogP contribution in [0.4, 0.5) is 0 Å². The van der Waals surface area contributed by atoms with Crippen LogP contribution in [0.5, 0.6) is 0 Å². The van der Waals surface area contributed by atoms with Crippen LogP contribution in [0.1, 0.15) is 31.8 Å². The van der Waals surface area contributed by atoms with E-state index in [-0.39, 0.29) is 11.7 Å². The lowest BCUT2D eigenvalue weighted by molar-refractivity contribution is -0.0429. The van der Waals surface area contributed by atoms with E-state index in [1.807, 2.05) is 31.2 Å². The molecule has 1 atom stereocenters. The quantitative estimate of drug-likeness (QED) is 0.871. The molecule has 0 saturated carbocycles. The van der Waals surface area contributed by atoms with Crippen molar-refractivity contribution in [1.82, 2.24) is 4.90 Å². The van der Waals surface area contributed by atoms with Crippen molar-refractivity contribution in [2.24, 2.45) is 0 Å². The molecular weight excluding hydrogens is 302 g/mol. The molecule has 4 heteroatoms. The van der Waals surface area contributed by atoms with Crippen molar-refractivity contribution >= 4 is 17.3 Å². The van der Waals surface area contributed by atoms with Gasteiger partial charge in [-0.1, -0.05) is 54.6 Å². The van der Waals surface area contributed by atoms with E-state index in [1.54, 1.807) is 31.3 Å². The fourth-order valence-electron chi connectivity index (χ4n) is 3.17. The Hall–Kier alpha value is -2.72. The SMILES string of the molecule is C=C(c1ccc(C)cc1)C1(OC)C(=O)c2ccccc2C(=O)N1C. The van der Waals surface area contributed by atoms with Gasteiger partial charge in [0.1, 0.15) is 0 Å². The summed E-state index contributed by atoms with van der Waals surface area (Å²) < 4.78 is 5.63. The number of hydrogen-bond acceptors (Lipinski definition) is 3. The van der Waals surface area contributed by atoms with Crippen molar-refractivity contribution in [3.05, 3.63) is 77.4 Å². The summed E-state index contributed by atoms with van der Waals surface area (Å²) in [5.74, 6) is -0.548. The molecule has 24 heavy (non-hydrogen) atoms. The molecule has 0 fully saturated rings. The van der Waals surface area contributed by atoms with Crippen LogP contribution in [-0.4, -0.2) is 36.5 Å². The molecule has 1 unspecified atom stereocenters. The van der Waals surface area contributed by atoms with Gasteiger partial charge in [0.2, 0.25) is 11.5 Å². The summed E-state index contributed by atoms with van der Waals surface area (Å²) in [4.78, 5) is 27.3. The number of methoxy groups -OCH3 is 1. The zero-order chi connectivity index (χ0) is 17.5. The molecule has 0 N–H and O–H groups in total. The number of amides is 1. The average molecular weight is 321 g/mol. The van der Waals surface area contributed by atoms with E-state index in [0.29, 0.717) is 16.7 Å². The first-order valence-electron chi connectivity index (χ1n) is 7.67. The molecule has 2 aromatic rings. The normalized spacial score (nSPS) is 20.0. The van der Waals surface area contributed by atoms with Crippen LogP contribution in [-0.2, 0) is 4.74 Å². The Labute approximate surface area is 141 Å². The fraction of sp³-hybridized carbons (Fsp3) is 0.200. The molecular formula is C20H19NO3. The van der Waals surface area contributed by atoms with E-state index in [2.05, 4.69) is 6.58 Å². The van der Waals surface area contributed by atoms with Crippen LogP contribution >= 0.6 is 0 Å². The molecule has 0 saturated heterocycles. The molecule has 0 spiro atoms. The number of nitrogens with zero attached hydrogens (tertiary/aromatic N) is 1. The van der Waals surface area contributed by atoms with Gasteiger partial charge in [0.15, 0.2) is 0 Å². The van der Waals surface area contributed by atoms with E-state index >= 15 is 0 Å². The number of hydrogen-bond donors (Lipinski definition) is 0. The van der Waals surface area contributed by atoms with Gasteiger partial charge in [-0.25, -0.2) is 0 Å². The van der Waals surface area contributed by atoms with Crippen molar-refractivity contribution in [3.63, 3.8) is 0 Å². The zero-order valence-corrected chi connectivity index (χ0v) is 14.0. The summed E-state index contributed by atoms with van der Waals surface area (Å²) >= 11 is 0. The van der Waals surface area contributed by atoms with Gasteiger partial charge in [-0.3, -0.25) is 9.59 Å².